The number of carboxylic acids is 2. The third-order valence-electron chi connectivity index (χ3n) is 6.47. The van der Waals surface area contributed by atoms with Crippen LogP contribution in [0.3, 0.4) is 0 Å². The van der Waals surface area contributed by atoms with Gasteiger partial charge in [0.25, 0.3) is 0 Å². The van der Waals surface area contributed by atoms with Gasteiger partial charge < -0.3 is 36.2 Å². The second-order valence-corrected chi connectivity index (χ2v) is 9.10. The van der Waals surface area contributed by atoms with E-state index in [-0.39, 0.29) is 30.5 Å². The van der Waals surface area contributed by atoms with Crippen LogP contribution in [-0.2, 0) is 30.4 Å². The minimum Gasteiger partial charge on any atom is -0.508 e. The van der Waals surface area contributed by atoms with E-state index in [4.69, 9.17) is 5.11 Å². The Kier molecular flexibility index (Phi) is 9.23. The zero-order valence-corrected chi connectivity index (χ0v) is 19.8. The molecule has 0 aliphatic carbocycles. The van der Waals surface area contributed by atoms with Gasteiger partial charge in [-0.05, 0) is 56.3 Å². The van der Waals surface area contributed by atoms with Gasteiger partial charge in [-0.15, -0.1) is 0 Å². The van der Waals surface area contributed by atoms with Crippen LogP contribution in [0.15, 0.2) is 24.3 Å². The molecule has 0 bridgehead atoms. The normalized spacial score (nSPS) is 20.9. The molecule has 2 fully saturated rings. The number of hydrogen-bond acceptors (Lipinski definition) is 7. The van der Waals surface area contributed by atoms with Crippen molar-refractivity contribution >= 4 is 29.7 Å². The van der Waals surface area contributed by atoms with E-state index >= 15 is 0 Å². The zero-order chi connectivity index (χ0) is 26.2. The topological polar surface area (TPSA) is 185 Å². The molecular weight excluding hydrogens is 472 g/mol. The summed E-state index contributed by atoms with van der Waals surface area (Å²) in [5.74, 6) is -4.03. The minimum atomic E-state index is -1.45. The first kappa shape index (κ1) is 26.9. The van der Waals surface area contributed by atoms with Gasteiger partial charge in [0.05, 0.1) is 6.04 Å². The van der Waals surface area contributed by atoms with E-state index in [0.717, 1.165) is 13.0 Å². The van der Waals surface area contributed by atoms with Crippen LogP contribution in [0.25, 0.3) is 0 Å². The van der Waals surface area contributed by atoms with E-state index in [0.29, 0.717) is 31.4 Å². The summed E-state index contributed by atoms with van der Waals surface area (Å²) < 4.78 is 0. The number of amides is 3. The van der Waals surface area contributed by atoms with Crippen LogP contribution in [0, 0.1) is 0 Å². The van der Waals surface area contributed by atoms with Crippen molar-refractivity contribution in [3.63, 3.8) is 0 Å². The number of hydrogen-bond donors (Lipinski definition) is 6. The molecule has 3 rings (SSSR count). The van der Waals surface area contributed by atoms with Crippen molar-refractivity contribution in [2.75, 3.05) is 13.1 Å². The van der Waals surface area contributed by atoms with Gasteiger partial charge in [0, 0.05) is 19.4 Å². The number of likely N-dealkylation sites (tertiary alicyclic amines) is 1. The van der Waals surface area contributed by atoms with E-state index in [9.17, 15) is 34.2 Å². The van der Waals surface area contributed by atoms with E-state index in [1.807, 2.05) is 0 Å². The molecule has 0 saturated carbocycles. The Labute approximate surface area is 208 Å². The van der Waals surface area contributed by atoms with Crippen LogP contribution in [0.2, 0.25) is 0 Å². The number of nitrogens with one attached hydrogen (secondary N) is 3. The average Bonchev–Trinajstić information content (AvgIpc) is 3.54. The van der Waals surface area contributed by atoms with Gasteiger partial charge in [0.2, 0.25) is 17.7 Å². The molecule has 3 amide bonds. The number of carboxylic acid groups (broad SMARTS) is 2. The fourth-order valence-electron chi connectivity index (χ4n) is 4.54. The summed E-state index contributed by atoms with van der Waals surface area (Å²) in [6.45, 7) is 1.17. The Morgan fingerprint density at radius 1 is 1.00 bits per heavy atom. The molecule has 196 valence electrons. The molecule has 2 aliphatic rings. The van der Waals surface area contributed by atoms with Gasteiger partial charge in [-0.25, -0.2) is 4.79 Å². The van der Waals surface area contributed by atoms with E-state index < -0.39 is 48.3 Å². The number of rotatable bonds is 11. The molecule has 0 aromatic heterocycles. The van der Waals surface area contributed by atoms with Crippen LogP contribution in [-0.4, -0.2) is 87.1 Å². The molecule has 1 aromatic rings. The third-order valence-corrected chi connectivity index (χ3v) is 6.47. The summed E-state index contributed by atoms with van der Waals surface area (Å²) >= 11 is 0. The quantitative estimate of drug-likeness (QED) is 0.233. The Balaban J connectivity index is 1.74. The molecule has 2 aliphatic heterocycles. The number of nitrogens with zero attached hydrogens (tertiary/aromatic N) is 1. The molecule has 4 atom stereocenters. The molecule has 12 heteroatoms. The van der Waals surface area contributed by atoms with Crippen LogP contribution in [0.5, 0.6) is 5.75 Å². The van der Waals surface area contributed by atoms with Gasteiger partial charge in [-0.2, -0.15) is 0 Å². The Morgan fingerprint density at radius 3 is 2.33 bits per heavy atom. The summed E-state index contributed by atoms with van der Waals surface area (Å²) in [5.41, 5.74) is 0.597. The first-order valence-electron chi connectivity index (χ1n) is 12.0. The Bertz CT molecular complexity index is 977. The van der Waals surface area contributed by atoms with Crippen molar-refractivity contribution in [2.45, 2.75) is 69.1 Å². The third kappa shape index (κ3) is 7.17. The number of aromatic hydroxyl groups is 1. The minimum absolute atomic E-state index is 0.00598. The van der Waals surface area contributed by atoms with Crippen molar-refractivity contribution in [1.29, 1.82) is 0 Å². The second-order valence-electron chi connectivity index (χ2n) is 9.10. The average molecular weight is 505 g/mol. The summed E-state index contributed by atoms with van der Waals surface area (Å²) in [6, 6.07) is 2.26. The highest BCUT2D eigenvalue weighted by Crippen LogP contribution is 2.21. The lowest BCUT2D eigenvalue weighted by Gasteiger charge is -2.28. The van der Waals surface area contributed by atoms with Gasteiger partial charge in [0.1, 0.15) is 23.9 Å². The SMILES string of the molecule is O=C(O)CCC(NC(=O)C(Cc1ccc(O)cc1)NC(=O)C1CCCN1C(=O)C1CCCN1)C(=O)O. The molecule has 0 spiro atoms. The standard InChI is InChI=1S/C24H32N4O8/c29-15-7-5-14(6-8-15)13-18(21(32)26-17(24(35)36)9-10-20(30)31)27-22(33)19-4-2-12-28(19)23(34)16-3-1-11-25-16/h5-8,16-19,25,29H,1-4,9-13H2,(H,26,32)(H,27,33)(H,30,31)(H,35,36). The molecule has 6 N–H and O–H groups in total. The number of carbonyl (C=O) groups is 5. The summed E-state index contributed by atoms with van der Waals surface area (Å²) in [6.07, 6.45) is 1.87. The number of benzene rings is 1. The van der Waals surface area contributed by atoms with Crippen LogP contribution >= 0.6 is 0 Å². The van der Waals surface area contributed by atoms with E-state index in [2.05, 4.69) is 16.0 Å². The molecule has 2 heterocycles. The van der Waals surface area contributed by atoms with Crippen LogP contribution in [0.4, 0.5) is 0 Å². The molecule has 2 saturated heterocycles. The first-order valence-corrected chi connectivity index (χ1v) is 12.0. The summed E-state index contributed by atoms with van der Waals surface area (Å²) in [7, 11) is 0. The predicted molar refractivity (Wildman–Crippen MR) is 126 cm³/mol. The largest absolute Gasteiger partial charge is 0.508 e. The van der Waals surface area contributed by atoms with Gasteiger partial charge in [-0.1, -0.05) is 12.1 Å². The molecule has 36 heavy (non-hydrogen) atoms. The molecule has 4 unspecified atom stereocenters. The Morgan fingerprint density at radius 2 is 1.72 bits per heavy atom. The predicted octanol–water partition coefficient (Wildman–Crippen LogP) is -0.403. The zero-order valence-electron chi connectivity index (χ0n) is 19.8. The lowest BCUT2D eigenvalue weighted by Crippen LogP contribution is -2.57. The Hall–Kier alpha value is -3.67. The van der Waals surface area contributed by atoms with Crippen LogP contribution in [0.1, 0.15) is 44.1 Å². The number of phenols is 1. The fraction of sp³-hybridized carbons (Fsp3) is 0.542. The van der Waals surface area contributed by atoms with Crippen molar-refractivity contribution in [3.05, 3.63) is 29.8 Å². The number of phenolic OH excluding ortho intramolecular Hbond substituents is 1. The van der Waals surface area contributed by atoms with Gasteiger partial charge in [-0.3, -0.25) is 19.2 Å². The maximum Gasteiger partial charge on any atom is 0.326 e. The highest BCUT2D eigenvalue weighted by atomic mass is 16.4. The first-order chi connectivity index (χ1) is 17.2. The lowest BCUT2D eigenvalue weighted by molar-refractivity contribution is -0.144. The monoisotopic (exact) mass is 504 g/mol. The van der Waals surface area contributed by atoms with E-state index in [1.165, 1.54) is 17.0 Å². The van der Waals surface area contributed by atoms with Crippen molar-refractivity contribution < 1.29 is 39.3 Å². The number of aliphatic carboxylic acids is 2. The molecular formula is C24H32N4O8. The molecule has 1 aromatic carbocycles. The number of carbonyl (C=O) groups excluding carboxylic acids is 3. The van der Waals surface area contributed by atoms with Gasteiger partial charge >= 0.3 is 11.9 Å². The molecule has 0 radical (unpaired) electrons. The molecule has 12 nitrogen and oxygen atoms in total. The summed E-state index contributed by atoms with van der Waals surface area (Å²) in [5, 5.41) is 36.0. The maximum atomic E-state index is 13.2. The van der Waals surface area contributed by atoms with Crippen LogP contribution < -0.4 is 16.0 Å². The fourth-order valence-corrected chi connectivity index (χ4v) is 4.54. The highest BCUT2D eigenvalue weighted by molar-refractivity contribution is 5.94. The van der Waals surface area contributed by atoms with Crippen molar-refractivity contribution in [3.8, 4) is 5.75 Å². The second kappa shape index (κ2) is 12.3. The van der Waals surface area contributed by atoms with Crippen molar-refractivity contribution in [2.24, 2.45) is 0 Å². The van der Waals surface area contributed by atoms with E-state index in [1.54, 1.807) is 12.1 Å². The van der Waals surface area contributed by atoms with Crippen molar-refractivity contribution in [1.82, 2.24) is 20.9 Å². The highest BCUT2D eigenvalue weighted by Gasteiger charge is 2.39. The summed E-state index contributed by atoms with van der Waals surface area (Å²) in [4.78, 5) is 63.2. The van der Waals surface area contributed by atoms with Gasteiger partial charge in [0.15, 0.2) is 0 Å². The lowest BCUT2D eigenvalue weighted by atomic mass is 10.0. The smallest absolute Gasteiger partial charge is 0.326 e. The maximum absolute atomic E-state index is 13.2.